The molecule has 110 valence electrons. The van der Waals surface area contributed by atoms with Crippen LogP contribution in [-0.4, -0.2) is 14.6 Å². The van der Waals surface area contributed by atoms with E-state index in [9.17, 15) is 0 Å². The summed E-state index contributed by atoms with van der Waals surface area (Å²) in [5, 5.41) is 5.78. The molecule has 0 aliphatic heterocycles. The number of hydrogen-bond acceptors (Lipinski definition) is 4. The van der Waals surface area contributed by atoms with Crippen molar-refractivity contribution in [3.8, 4) is 11.3 Å². The van der Waals surface area contributed by atoms with Gasteiger partial charge in [0.15, 0.2) is 0 Å². The largest absolute Gasteiger partial charge is 0.324 e. The summed E-state index contributed by atoms with van der Waals surface area (Å²) in [6, 6.07) is 8.43. The minimum absolute atomic E-state index is 0.0592. The fourth-order valence-electron chi connectivity index (χ4n) is 2.47. The van der Waals surface area contributed by atoms with Crippen LogP contribution in [0.2, 0.25) is 0 Å². The molecule has 0 amide bonds. The van der Waals surface area contributed by atoms with Crippen LogP contribution < -0.4 is 5.73 Å². The molecule has 1 unspecified atom stereocenters. The van der Waals surface area contributed by atoms with E-state index in [1.54, 1.807) is 11.3 Å². The maximum atomic E-state index is 5.91. The summed E-state index contributed by atoms with van der Waals surface area (Å²) in [5.41, 5.74) is 10.4. The molecular formula is C16H20N4S. The number of aromatic nitrogens is 3. The smallest absolute Gasteiger partial charge is 0.212 e. The average molecular weight is 300 g/mol. The Labute approximate surface area is 128 Å². The molecule has 3 rings (SSSR count). The Kier molecular flexibility index (Phi) is 3.78. The van der Waals surface area contributed by atoms with Crippen LogP contribution in [0.5, 0.6) is 0 Å². The lowest BCUT2D eigenvalue weighted by Gasteiger charge is -2.06. The maximum Gasteiger partial charge on any atom is 0.212 e. The molecule has 0 saturated carbocycles. The summed E-state index contributed by atoms with van der Waals surface area (Å²) in [7, 11) is 0. The van der Waals surface area contributed by atoms with Gasteiger partial charge in [0, 0.05) is 11.6 Å². The normalized spacial score (nSPS) is 13.0. The molecule has 0 radical (unpaired) electrons. The van der Waals surface area contributed by atoms with E-state index in [-0.39, 0.29) is 6.04 Å². The Bertz CT molecular complexity index is 753. The van der Waals surface area contributed by atoms with Gasteiger partial charge >= 0.3 is 0 Å². The molecule has 0 fully saturated rings. The monoisotopic (exact) mass is 300 g/mol. The predicted octanol–water partition coefficient (Wildman–Crippen LogP) is 3.60. The Morgan fingerprint density at radius 1 is 1.19 bits per heavy atom. The number of nitrogens with zero attached hydrogens (tertiary/aromatic N) is 3. The van der Waals surface area contributed by atoms with Crippen LogP contribution in [0.1, 0.15) is 43.1 Å². The molecule has 2 aromatic heterocycles. The second-order valence-corrected chi connectivity index (χ2v) is 6.26. The van der Waals surface area contributed by atoms with Crippen LogP contribution in [0.25, 0.3) is 16.2 Å². The molecule has 0 saturated heterocycles. The fraction of sp³-hybridized carbons (Fsp3) is 0.375. The molecule has 0 aliphatic rings. The molecule has 1 atom stereocenters. The molecule has 2 heterocycles. The van der Waals surface area contributed by atoms with Crippen molar-refractivity contribution in [2.45, 2.75) is 39.7 Å². The highest BCUT2D eigenvalue weighted by molar-refractivity contribution is 7.16. The quantitative estimate of drug-likeness (QED) is 0.801. The molecule has 3 aromatic rings. The SMILES string of the molecule is CCc1nn2c(CC)c(-c3ccc(C(C)N)cc3)nc2s1. The van der Waals surface area contributed by atoms with E-state index < -0.39 is 0 Å². The number of nitrogens with two attached hydrogens (primary N) is 1. The third kappa shape index (κ3) is 2.47. The van der Waals surface area contributed by atoms with Crippen LogP contribution in [0.4, 0.5) is 0 Å². The lowest BCUT2D eigenvalue weighted by molar-refractivity contribution is 0.818. The van der Waals surface area contributed by atoms with E-state index in [0.717, 1.165) is 39.6 Å². The summed E-state index contributed by atoms with van der Waals surface area (Å²) < 4.78 is 2.00. The molecule has 5 heteroatoms. The number of imidazole rings is 1. The van der Waals surface area contributed by atoms with Gasteiger partial charge in [-0.05, 0) is 25.3 Å². The predicted molar refractivity (Wildman–Crippen MR) is 87.7 cm³/mol. The van der Waals surface area contributed by atoms with Crippen LogP contribution in [0, 0.1) is 0 Å². The van der Waals surface area contributed by atoms with Gasteiger partial charge in [-0.25, -0.2) is 9.50 Å². The first-order valence-electron chi connectivity index (χ1n) is 7.37. The van der Waals surface area contributed by atoms with Crippen molar-refractivity contribution in [2.75, 3.05) is 0 Å². The van der Waals surface area contributed by atoms with Gasteiger partial charge in [0.25, 0.3) is 0 Å². The Hall–Kier alpha value is -1.72. The van der Waals surface area contributed by atoms with Gasteiger partial charge in [-0.15, -0.1) is 0 Å². The van der Waals surface area contributed by atoms with Crippen molar-refractivity contribution in [1.82, 2.24) is 14.6 Å². The number of hydrogen-bond donors (Lipinski definition) is 1. The average Bonchev–Trinajstić information content (AvgIpc) is 3.03. The fourth-order valence-corrected chi connectivity index (χ4v) is 3.32. The molecule has 0 spiro atoms. The van der Waals surface area contributed by atoms with E-state index in [4.69, 9.17) is 10.7 Å². The lowest BCUT2D eigenvalue weighted by Crippen LogP contribution is -2.04. The molecule has 2 N–H and O–H groups in total. The topological polar surface area (TPSA) is 56.2 Å². The first-order valence-corrected chi connectivity index (χ1v) is 8.18. The third-order valence-electron chi connectivity index (χ3n) is 3.69. The van der Waals surface area contributed by atoms with E-state index in [0.29, 0.717) is 0 Å². The standard InChI is InChI=1S/C16H20N4S/c1-4-13-15(12-8-6-11(7-9-12)10(3)17)18-16-20(13)19-14(5-2)21-16/h6-10H,4-5,17H2,1-3H3. The number of benzene rings is 1. The second kappa shape index (κ2) is 5.58. The number of aryl methyl sites for hydroxylation is 2. The molecule has 4 nitrogen and oxygen atoms in total. The summed E-state index contributed by atoms with van der Waals surface area (Å²) in [6.07, 6.45) is 1.87. The van der Waals surface area contributed by atoms with Crippen molar-refractivity contribution in [3.05, 3.63) is 40.5 Å². The van der Waals surface area contributed by atoms with Crippen LogP contribution in [-0.2, 0) is 12.8 Å². The highest BCUT2D eigenvalue weighted by atomic mass is 32.1. The molecular weight excluding hydrogens is 280 g/mol. The maximum absolute atomic E-state index is 5.91. The van der Waals surface area contributed by atoms with E-state index in [1.807, 2.05) is 11.4 Å². The zero-order chi connectivity index (χ0) is 15.0. The summed E-state index contributed by atoms with van der Waals surface area (Å²) >= 11 is 1.67. The second-order valence-electron chi connectivity index (χ2n) is 5.22. The zero-order valence-corrected chi connectivity index (χ0v) is 13.4. The van der Waals surface area contributed by atoms with E-state index in [1.165, 1.54) is 5.69 Å². The van der Waals surface area contributed by atoms with Gasteiger partial charge < -0.3 is 5.73 Å². The van der Waals surface area contributed by atoms with Crippen molar-refractivity contribution in [3.63, 3.8) is 0 Å². The Morgan fingerprint density at radius 3 is 2.48 bits per heavy atom. The van der Waals surface area contributed by atoms with Gasteiger partial charge in [-0.3, -0.25) is 0 Å². The highest BCUT2D eigenvalue weighted by Gasteiger charge is 2.16. The zero-order valence-electron chi connectivity index (χ0n) is 12.6. The summed E-state index contributed by atoms with van der Waals surface area (Å²) in [5.74, 6) is 0. The van der Waals surface area contributed by atoms with Crippen LogP contribution >= 0.6 is 11.3 Å². The van der Waals surface area contributed by atoms with Gasteiger partial charge in [-0.2, -0.15) is 5.10 Å². The van der Waals surface area contributed by atoms with E-state index >= 15 is 0 Å². The molecule has 0 bridgehead atoms. The highest BCUT2D eigenvalue weighted by Crippen LogP contribution is 2.28. The molecule has 0 aliphatic carbocycles. The van der Waals surface area contributed by atoms with Crippen LogP contribution in [0.3, 0.4) is 0 Å². The van der Waals surface area contributed by atoms with Crippen LogP contribution in [0.15, 0.2) is 24.3 Å². The van der Waals surface area contributed by atoms with E-state index in [2.05, 4.69) is 43.2 Å². The minimum atomic E-state index is 0.0592. The van der Waals surface area contributed by atoms with Crippen molar-refractivity contribution in [2.24, 2.45) is 5.73 Å². The number of fused-ring (bicyclic) bond motifs is 1. The summed E-state index contributed by atoms with van der Waals surface area (Å²) in [4.78, 5) is 5.77. The lowest BCUT2D eigenvalue weighted by atomic mass is 10.0. The Morgan fingerprint density at radius 2 is 1.90 bits per heavy atom. The number of rotatable bonds is 4. The summed E-state index contributed by atoms with van der Waals surface area (Å²) in [6.45, 7) is 6.26. The first-order chi connectivity index (χ1) is 10.1. The van der Waals surface area contributed by atoms with Crippen molar-refractivity contribution < 1.29 is 0 Å². The van der Waals surface area contributed by atoms with Gasteiger partial charge in [0.05, 0.1) is 11.4 Å². The van der Waals surface area contributed by atoms with Gasteiger partial charge in [0.2, 0.25) is 4.96 Å². The minimum Gasteiger partial charge on any atom is -0.324 e. The molecule has 1 aromatic carbocycles. The Balaban J connectivity index is 2.08. The van der Waals surface area contributed by atoms with Gasteiger partial charge in [0.1, 0.15) is 5.01 Å². The van der Waals surface area contributed by atoms with Crippen molar-refractivity contribution in [1.29, 1.82) is 0 Å². The van der Waals surface area contributed by atoms with Gasteiger partial charge in [-0.1, -0.05) is 49.4 Å². The third-order valence-corrected chi connectivity index (χ3v) is 4.74. The molecule has 21 heavy (non-hydrogen) atoms. The van der Waals surface area contributed by atoms with Crippen molar-refractivity contribution >= 4 is 16.3 Å². The first kappa shape index (κ1) is 14.2.